The molecule has 10 heteroatoms. The van der Waals surface area contributed by atoms with Crippen molar-refractivity contribution in [3.05, 3.63) is 53.3 Å². The molecule has 2 heterocycles. The molecule has 1 fully saturated rings. The Bertz CT molecular complexity index is 1100. The normalized spacial score (nSPS) is 23.7. The third-order valence-corrected chi connectivity index (χ3v) is 6.85. The van der Waals surface area contributed by atoms with Crippen LogP contribution in [-0.4, -0.2) is 53.6 Å². The van der Waals surface area contributed by atoms with Gasteiger partial charge in [0, 0.05) is 33.0 Å². The van der Waals surface area contributed by atoms with E-state index in [2.05, 4.69) is 9.73 Å². The number of amides is 2. The van der Waals surface area contributed by atoms with Crippen LogP contribution in [0.2, 0.25) is 0 Å². The summed E-state index contributed by atoms with van der Waals surface area (Å²) in [6, 6.07) is 7.07. The van der Waals surface area contributed by atoms with Crippen LogP contribution in [-0.2, 0) is 19.9 Å². The monoisotopic (exact) mass is 490 g/mol. The molecule has 0 unspecified atom stereocenters. The van der Waals surface area contributed by atoms with E-state index in [1.165, 1.54) is 11.0 Å². The van der Waals surface area contributed by atoms with E-state index in [1.54, 1.807) is 43.0 Å². The molecule has 0 spiro atoms. The number of rotatable bonds is 5. The number of aliphatic imine (C=N–C) groups is 1. The third-order valence-electron chi connectivity index (χ3n) is 6.85. The molecule has 0 radical (unpaired) electrons. The van der Waals surface area contributed by atoms with Crippen LogP contribution in [0, 0.1) is 5.92 Å². The molecule has 1 saturated heterocycles. The summed E-state index contributed by atoms with van der Waals surface area (Å²) in [6.07, 6.45) is 0.638. The standard InChI is InChI=1S/C25H29F3N4O3/c1-16(33)31-11-9-17(10-12-31)15-32-22(34)24(2,30-23(32)29)20-7-3-5-18(13-20)19-6-4-8-21(14-19)35-25(26,27)28/h3,5-7,13-14,17H,4,8-12,15H2,1-2H3,(H2,29,30)/t24-/m0/s1. The highest BCUT2D eigenvalue weighted by molar-refractivity contribution is 6.07. The zero-order chi connectivity index (χ0) is 25.4. The molecule has 0 aromatic heterocycles. The van der Waals surface area contributed by atoms with Gasteiger partial charge in [-0.05, 0) is 60.9 Å². The van der Waals surface area contributed by atoms with Gasteiger partial charge in [0.25, 0.3) is 5.91 Å². The second kappa shape index (κ2) is 9.39. The molecular weight excluding hydrogens is 461 g/mol. The van der Waals surface area contributed by atoms with Crippen molar-refractivity contribution in [3.8, 4) is 0 Å². The van der Waals surface area contributed by atoms with Crippen molar-refractivity contribution < 1.29 is 27.5 Å². The van der Waals surface area contributed by atoms with Crippen LogP contribution in [0.4, 0.5) is 13.2 Å². The second-order valence-electron chi connectivity index (χ2n) is 9.34. The lowest BCUT2D eigenvalue weighted by molar-refractivity contribution is -0.306. The summed E-state index contributed by atoms with van der Waals surface area (Å²) in [5, 5.41) is 0. The number of halogens is 3. The predicted octanol–water partition coefficient (Wildman–Crippen LogP) is 3.91. The number of nitrogens with zero attached hydrogens (tertiary/aromatic N) is 3. The Hall–Kier alpha value is -3.30. The first-order valence-electron chi connectivity index (χ1n) is 11.7. The molecule has 1 aromatic carbocycles. The molecule has 2 aliphatic heterocycles. The molecule has 0 bridgehead atoms. The largest absolute Gasteiger partial charge is 0.572 e. The average molecular weight is 491 g/mol. The Labute approximate surface area is 202 Å². The Morgan fingerprint density at radius 3 is 2.66 bits per heavy atom. The van der Waals surface area contributed by atoms with Crippen molar-refractivity contribution in [3.63, 3.8) is 0 Å². The molecule has 4 rings (SSSR count). The van der Waals surface area contributed by atoms with Gasteiger partial charge in [0.2, 0.25) is 5.91 Å². The van der Waals surface area contributed by atoms with Gasteiger partial charge in [-0.3, -0.25) is 14.5 Å². The fraction of sp³-hybridized carbons (Fsp3) is 0.480. The summed E-state index contributed by atoms with van der Waals surface area (Å²) < 4.78 is 42.1. The highest BCUT2D eigenvalue weighted by Gasteiger charge is 2.46. The van der Waals surface area contributed by atoms with Gasteiger partial charge in [-0.15, -0.1) is 13.2 Å². The number of carbonyl (C=O) groups excluding carboxylic acids is 2. The van der Waals surface area contributed by atoms with Gasteiger partial charge >= 0.3 is 6.36 Å². The fourth-order valence-corrected chi connectivity index (χ4v) is 4.86. The van der Waals surface area contributed by atoms with Crippen molar-refractivity contribution >= 4 is 23.3 Å². The number of piperidine rings is 1. The first-order chi connectivity index (χ1) is 16.5. The van der Waals surface area contributed by atoms with Crippen molar-refractivity contribution in [2.45, 2.75) is 51.4 Å². The van der Waals surface area contributed by atoms with Crippen molar-refractivity contribution in [1.82, 2.24) is 9.80 Å². The number of carbonyl (C=O) groups is 2. The summed E-state index contributed by atoms with van der Waals surface area (Å²) in [7, 11) is 0. The first-order valence-corrected chi connectivity index (χ1v) is 11.7. The smallest absolute Gasteiger partial charge is 0.410 e. The maximum absolute atomic E-state index is 13.5. The minimum atomic E-state index is -4.74. The number of likely N-dealkylation sites (tertiary alicyclic amines) is 1. The van der Waals surface area contributed by atoms with Crippen LogP contribution < -0.4 is 5.73 Å². The molecule has 1 aliphatic carbocycles. The van der Waals surface area contributed by atoms with Gasteiger partial charge in [-0.2, -0.15) is 0 Å². The van der Waals surface area contributed by atoms with E-state index in [0.717, 1.165) is 12.8 Å². The second-order valence-corrected chi connectivity index (χ2v) is 9.34. The number of benzene rings is 1. The summed E-state index contributed by atoms with van der Waals surface area (Å²) in [5.74, 6) is 0.0218. The molecule has 0 saturated carbocycles. The molecule has 35 heavy (non-hydrogen) atoms. The lowest BCUT2D eigenvalue weighted by Crippen LogP contribution is -2.46. The number of ether oxygens (including phenoxy) is 1. The lowest BCUT2D eigenvalue weighted by Gasteiger charge is -2.33. The van der Waals surface area contributed by atoms with Gasteiger partial charge in [0.15, 0.2) is 11.5 Å². The summed E-state index contributed by atoms with van der Waals surface area (Å²) in [5.41, 5.74) is 6.82. The molecule has 1 aromatic rings. The van der Waals surface area contributed by atoms with E-state index in [1.807, 2.05) is 6.08 Å². The molecular formula is C25H29F3N4O3. The summed E-state index contributed by atoms with van der Waals surface area (Å²) >= 11 is 0. The molecule has 2 amide bonds. The van der Waals surface area contributed by atoms with E-state index >= 15 is 0 Å². The third kappa shape index (κ3) is 5.36. The van der Waals surface area contributed by atoms with Gasteiger partial charge in [-0.1, -0.05) is 24.3 Å². The van der Waals surface area contributed by atoms with Gasteiger partial charge in [0.05, 0.1) is 0 Å². The minimum Gasteiger partial charge on any atom is -0.410 e. The van der Waals surface area contributed by atoms with Crippen molar-refractivity contribution in [1.29, 1.82) is 0 Å². The van der Waals surface area contributed by atoms with E-state index < -0.39 is 11.9 Å². The molecule has 3 aliphatic rings. The number of nitrogens with two attached hydrogens (primary N) is 1. The van der Waals surface area contributed by atoms with Crippen LogP contribution in [0.1, 0.15) is 50.7 Å². The lowest BCUT2D eigenvalue weighted by atomic mass is 9.88. The maximum atomic E-state index is 13.5. The number of allylic oxidation sites excluding steroid dienone is 4. The van der Waals surface area contributed by atoms with Crippen molar-refractivity contribution in [2.75, 3.05) is 19.6 Å². The number of hydrogen-bond donors (Lipinski definition) is 1. The predicted molar refractivity (Wildman–Crippen MR) is 125 cm³/mol. The van der Waals surface area contributed by atoms with Crippen LogP contribution in [0.5, 0.6) is 0 Å². The topological polar surface area (TPSA) is 88.2 Å². The van der Waals surface area contributed by atoms with E-state index in [9.17, 15) is 22.8 Å². The van der Waals surface area contributed by atoms with Gasteiger partial charge in [-0.25, -0.2) is 4.99 Å². The molecule has 2 N–H and O–H groups in total. The Kier molecular flexibility index (Phi) is 6.66. The molecule has 7 nitrogen and oxygen atoms in total. The molecule has 1 atom stereocenters. The van der Waals surface area contributed by atoms with Crippen LogP contribution in [0.15, 0.2) is 47.2 Å². The van der Waals surface area contributed by atoms with Crippen LogP contribution >= 0.6 is 0 Å². The first kappa shape index (κ1) is 24.8. The van der Waals surface area contributed by atoms with Crippen LogP contribution in [0.25, 0.3) is 5.57 Å². The Morgan fingerprint density at radius 1 is 1.29 bits per heavy atom. The van der Waals surface area contributed by atoms with E-state index in [4.69, 9.17) is 5.73 Å². The maximum Gasteiger partial charge on any atom is 0.572 e. The highest BCUT2D eigenvalue weighted by Crippen LogP contribution is 2.36. The number of hydrogen-bond acceptors (Lipinski definition) is 5. The summed E-state index contributed by atoms with van der Waals surface area (Å²) in [6.45, 7) is 4.99. The zero-order valence-corrected chi connectivity index (χ0v) is 19.8. The van der Waals surface area contributed by atoms with E-state index in [0.29, 0.717) is 42.8 Å². The zero-order valence-electron chi connectivity index (χ0n) is 19.8. The summed E-state index contributed by atoms with van der Waals surface area (Å²) in [4.78, 5) is 32.9. The number of guanidine groups is 1. The van der Waals surface area contributed by atoms with Crippen LogP contribution in [0.3, 0.4) is 0 Å². The van der Waals surface area contributed by atoms with Gasteiger partial charge < -0.3 is 15.4 Å². The quantitative estimate of drug-likeness (QED) is 0.678. The Morgan fingerprint density at radius 2 is 2.00 bits per heavy atom. The van der Waals surface area contributed by atoms with Crippen molar-refractivity contribution in [2.24, 2.45) is 16.6 Å². The van der Waals surface area contributed by atoms with Gasteiger partial charge in [0.1, 0.15) is 5.76 Å². The van der Waals surface area contributed by atoms with E-state index in [-0.39, 0.29) is 35.9 Å². The highest BCUT2D eigenvalue weighted by atomic mass is 19.4. The molecule has 188 valence electrons. The SMILES string of the molecule is CC(=O)N1CCC(CN2C(=O)[C@](C)(c3cccc(C4=CCCC(OC(F)(F)F)=C4)c3)N=C2N)CC1. The average Bonchev–Trinajstić information content (AvgIpc) is 3.02. The minimum absolute atomic E-state index is 0.0502. The Balaban J connectivity index is 1.51. The fourth-order valence-electron chi connectivity index (χ4n) is 4.86. The number of alkyl halides is 3.